The fourth-order valence-corrected chi connectivity index (χ4v) is 3.38. The van der Waals surface area contributed by atoms with Crippen LogP contribution in [0.3, 0.4) is 0 Å². The maximum atomic E-state index is 12.0. The molecule has 1 amide bonds. The van der Waals surface area contributed by atoms with E-state index in [0.29, 0.717) is 19.0 Å². The molecule has 2 aliphatic heterocycles. The summed E-state index contributed by atoms with van der Waals surface area (Å²) in [6.07, 6.45) is 6.32. The molecule has 23 heavy (non-hydrogen) atoms. The highest BCUT2D eigenvalue weighted by Gasteiger charge is 2.23. The second-order valence-electron chi connectivity index (χ2n) is 6.52. The summed E-state index contributed by atoms with van der Waals surface area (Å²) in [4.78, 5) is 23.0. The predicted octanol–water partition coefficient (Wildman–Crippen LogP) is 1.26. The highest BCUT2D eigenvalue weighted by atomic mass is 16.5. The van der Waals surface area contributed by atoms with Gasteiger partial charge in [0.15, 0.2) is 0 Å². The largest absolute Gasteiger partial charge is 0.376 e. The van der Waals surface area contributed by atoms with Gasteiger partial charge in [-0.05, 0) is 51.8 Å². The van der Waals surface area contributed by atoms with Crippen LogP contribution < -0.4 is 5.32 Å². The zero-order valence-electron chi connectivity index (χ0n) is 13.8. The van der Waals surface area contributed by atoms with Crippen LogP contribution in [-0.2, 0) is 9.53 Å². The van der Waals surface area contributed by atoms with Crippen LogP contribution in [0.25, 0.3) is 0 Å². The molecule has 0 bridgehead atoms. The average Bonchev–Trinajstić information content (AvgIpc) is 3.07. The third-order valence-electron chi connectivity index (χ3n) is 4.72. The standard InChI is InChI=1S/C17H26N4O2/c1-13-18-7-4-16(20-13)14-5-8-21(9-6-14)12-17(22)19-11-15-3-2-10-23-15/h4,7,14-15H,2-3,5-6,8-12H2,1H3,(H,19,22)/t15-/m1/s1. The number of ether oxygens (including phenoxy) is 1. The van der Waals surface area contributed by atoms with E-state index < -0.39 is 0 Å². The monoisotopic (exact) mass is 318 g/mol. The second kappa shape index (κ2) is 7.84. The Morgan fingerprint density at radius 3 is 2.91 bits per heavy atom. The molecule has 6 nitrogen and oxygen atoms in total. The maximum absolute atomic E-state index is 12.0. The quantitative estimate of drug-likeness (QED) is 0.885. The van der Waals surface area contributed by atoms with Gasteiger partial charge in [-0.15, -0.1) is 0 Å². The van der Waals surface area contributed by atoms with Crippen LogP contribution in [0.15, 0.2) is 12.3 Å². The molecular formula is C17H26N4O2. The van der Waals surface area contributed by atoms with Crippen LogP contribution in [0.4, 0.5) is 0 Å². The molecule has 1 atom stereocenters. The fraction of sp³-hybridized carbons (Fsp3) is 0.706. The van der Waals surface area contributed by atoms with Crippen molar-refractivity contribution in [3.8, 4) is 0 Å². The number of aromatic nitrogens is 2. The first kappa shape index (κ1) is 16.3. The number of likely N-dealkylation sites (tertiary alicyclic amines) is 1. The van der Waals surface area contributed by atoms with E-state index in [9.17, 15) is 4.79 Å². The van der Waals surface area contributed by atoms with Crippen molar-refractivity contribution in [3.63, 3.8) is 0 Å². The Kier molecular flexibility index (Phi) is 5.56. The molecule has 1 aromatic rings. The summed E-state index contributed by atoms with van der Waals surface area (Å²) in [5.74, 6) is 1.43. The van der Waals surface area contributed by atoms with Crippen molar-refractivity contribution >= 4 is 5.91 Å². The zero-order chi connectivity index (χ0) is 16.1. The van der Waals surface area contributed by atoms with Gasteiger partial charge in [-0.1, -0.05) is 0 Å². The molecule has 0 aliphatic carbocycles. The molecule has 3 rings (SSSR count). The lowest BCUT2D eigenvalue weighted by molar-refractivity contribution is -0.123. The fourth-order valence-electron chi connectivity index (χ4n) is 3.38. The van der Waals surface area contributed by atoms with Crippen molar-refractivity contribution in [2.75, 3.05) is 32.8 Å². The van der Waals surface area contributed by atoms with Crippen molar-refractivity contribution in [2.24, 2.45) is 0 Å². The highest BCUT2D eigenvalue weighted by Crippen LogP contribution is 2.26. The second-order valence-corrected chi connectivity index (χ2v) is 6.52. The van der Waals surface area contributed by atoms with E-state index in [2.05, 4.69) is 20.2 Å². The smallest absolute Gasteiger partial charge is 0.234 e. The van der Waals surface area contributed by atoms with E-state index in [4.69, 9.17) is 4.74 Å². The van der Waals surface area contributed by atoms with Crippen molar-refractivity contribution in [1.82, 2.24) is 20.2 Å². The summed E-state index contributed by atoms with van der Waals surface area (Å²) >= 11 is 0. The number of nitrogens with zero attached hydrogens (tertiary/aromatic N) is 3. The van der Waals surface area contributed by atoms with E-state index in [0.717, 1.165) is 56.9 Å². The summed E-state index contributed by atoms with van der Waals surface area (Å²) in [5.41, 5.74) is 1.14. The molecule has 6 heteroatoms. The lowest BCUT2D eigenvalue weighted by atomic mass is 9.93. The van der Waals surface area contributed by atoms with Crippen LogP contribution >= 0.6 is 0 Å². The SMILES string of the molecule is Cc1nccc(C2CCN(CC(=O)NC[C@H]3CCCO3)CC2)n1. The molecular weight excluding hydrogens is 292 g/mol. The molecule has 2 saturated heterocycles. The van der Waals surface area contributed by atoms with Crippen molar-refractivity contribution < 1.29 is 9.53 Å². The van der Waals surface area contributed by atoms with E-state index >= 15 is 0 Å². The van der Waals surface area contributed by atoms with Crippen LogP contribution in [-0.4, -0.2) is 59.7 Å². The third-order valence-corrected chi connectivity index (χ3v) is 4.72. The Balaban J connectivity index is 1.39. The number of carbonyl (C=O) groups excluding carboxylic acids is 1. The molecule has 1 aromatic heterocycles. The Morgan fingerprint density at radius 2 is 2.22 bits per heavy atom. The number of hydrogen-bond acceptors (Lipinski definition) is 5. The Hall–Kier alpha value is -1.53. The van der Waals surface area contributed by atoms with Gasteiger partial charge < -0.3 is 10.1 Å². The molecule has 2 fully saturated rings. The minimum Gasteiger partial charge on any atom is -0.376 e. The molecule has 0 unspecified atom stereocenters. The van der Waals surface area contributed by atoms with Crippen LogP contribution in [0.2, 0.25) is 0 Å². The van der Waals surface area contributed by atoms with Gasteiger partial charge in [0.05, 0.1) is 12.6 Å². The Labute approximate surface area is 137 Å². The van der Waals surface area contributed by atoms with Gasteiger partial charge in [-0.25, -0.2) is 9.97 Å². The first-order chi connectivity index (χ1) is 11.2. The average molecular weight is 318 g/mol. The van der Waals surface area contributed by atoms with E-state index in [1.54, 1.807) is 0 Å². The summed E-state index contributed by atoms with van der Waals surface area (Å²) in [7, 11) is 0. The molecule has 0 spiro atoms. The highest BCUT2D eigenvalue weighted by molar-refractivity contribution is 5.78. The molecule has 0 saturated carbocycles. The lowest BCUT2D eigenvalue weighted by Crippen LogP contribution is -2.43. The van der Waals surface area contributed by atoms with Gasteiger partial charge >= 0.3 is 0 Å². The summed E-state index contributed by atoms with van der Waals surface area (Å²) in [6.45, 7) is 5.79. The van der Waals surface area contributed by atoms with Crippen molar-refractivity contribution in [1.29, 1.82) is 0 Å². The Morgan fingerprint density at radius 1 is 1.39 bits per heavy atom. The van der Waals surface area contributed by atoms with Crippen LogP contribution in [0, 0.1) is 6.92 Å². The number of amides is 1. The summed E-state index contributed by atoms with van der Waals surface area (Å²) < 4.78 is 5.53. The molecule has 1 N–H and O–H groups in total. The van der Waals surface area contributed by atoms with Gasteiger partial charge in [-0.3, -0.25) is 9.69 Å². The molecule has 2 aliphatic rings. The number of hydrogen-bond donors (Lipinski definition) is 1. The maximum Gasteiger partial charge on any atom is 0.234 e. The third kappa shape index (κ3) is 4.72. The zero-order valence-corrected chi connectivity index (χ0v) is 13.8. The number of nitrogens with one attached hydrogen (secondary N) is 1. The van der Waals surface area contributed by atoms with Gasteiger partial charge in [0, 0.05) is 31.0 Å². The normalized spacial score (nSPS) is 23.1. The summed E-state index contributed by atoms with van der Waals surface area (Å²) in [5, 5.41) is 3.00. The molecule has 0 aromatic carbocycles. The van der Waals surface area contributed by atoms with Gasteiger partial charge in [-0.2, -0.15) is 0 Å². The molecule has 3 heterocycles. The Bertz CT molecular complexity index is 523. The van der Waals surface area contributed by atoms with E-state index in [-0.39, 0.29) is 12.0 Å². The minimum absolute atomic E-state index is 0.108. The molecule has 126 valence electrons. The van der Waals surface area contributed by atoms with Crippen LogP contribution in [0.1, 0.15) is 43.1 Å². The molecule has 0 radical (unpaired) electrons. The van der Waals surface area contributed by atoms with Gasteiger partial charge in [0.1, 0.15) is 5.82 Å². The number of carbonyl (C=O) groups is 1. The summed E-state index contributed by atoms with van der Waals surface area (Å²) in [6, 6.07) is 2.02. The first-order valence-corrected chi connectivity index (χ1v) is 8.61. The van der Waals surface area contributed by atoms with Gasteiger partial charge in [0.2, 0.25) is 5.91 Å². The van der Waals surface area contributed by atoms with E-state index in [1.807, 2.05) is 19.2 Å². The lowest BCUT2D eigenvalue weighted by Gasteiger charge is -2.31. The van der Waals surface area contributed by atoms with Gasteiger partial charge in [0.25, 0.3) is 0 Å². The minimum atomic E-state index is 0.108. The predicted molar refractivity (Wildman–Crippen MR) is 87.2 cm³/mol. The van der Waals surface area contributed by atoms with Crippen molar-refractivity contribution in [3.05, 3.63) is 23.8 Å². The topological polar surface area (TPSA) is 67.4 Å². The number of piperidine rings is 1. The number of rotatable bonds is 5. The van der Waals surface area contributed by atoms with E-state index in [1.165, 1.54) is 0 Å². The number of aryl methyl sites for hydroxylation is 1. The first-order valence-electron chi connectivity index (χ1n) is 8.61. The van der Waals surface area contributed by atoms with Crippen molar-refractivity contribution in [2.45, 2.75) is 44.6 Å². The van der Waals surface area contributed by atoms with Crippen LogP contribution in [0.5, 0.6) is 0 Å².